The molecule has 2 rings (SSSR count). The molecule has 1 N–H and O–H groups in total. The van der Waals surface area contributed by atoms with Gasteiger partial charge in [0.15, 0.2) is 6.10 Å². The van der Waals surface area contributed by atoms with E-state index in [4.69, 9.17) is 10.00 Å². The summed E-state index contributed by atoms with van der Waals surface area (Å²) in [7, 11) is 1.26. The predicted octanol–water partition coefficient (Wildman–Crippen LogP) is 2.53. The monoisotopic (exact) mass is 352 g/mol. The van der Waals surface area contributed by atoms with E-state index < -0.39 is 23.9 Å². The zero-order valence-electron chi connectivity index (χ0n) is 14.2. The van der Waals surface area contributed by atoms with Crippen molar-refractivity contribution < 1.29 is 23.9 Å². The molecule has 7 heteroatoms. The molecule has 0 saturated carbocycles. The quantitative estimate of drug-likeness (QED) is 0.829. The highest BCUT2D eigenvalue weighted by Crippen LogP contribution is 2.12. The fourth-order valence-corrected chi connectivity index (χ4v) is 2.05. The summed E-state index contributed by atoms with van der Waals surface area (Å²) in [4.78, 5) is 35.6. The third-order valence-electron chi connectivity index (χ3n) is 3.45. The molecule has 0 spiro atoms. The Morgan fingerprint density at radius 1 is 1.04 bits per heavy atom. The van der Waals surface area contributed by atoms with Crippen LogP contribution in [0.3, 0.4) is 0 Å². The highest BCUT2D eigenvalue weighted by Gasteiger charge is 2.19. The molecule has 0 saturated heterocycles. The van der Waals surface area contributed by atoms with Gasteiger partial charge in [-0.25, -0.2) is 9.59 Å². The van der Waals surface area contributed by atoms with Gasteiger partial charge in [0, 0.05) is 5.69 Å². The van der Waals surface area contributed by atoms with Crippen LogP contribution in [0.1, 0.15) is 33.2 Å². The summed E-state index contributed by atoms with van der Waals surface area (Å²) in [6, 6.07) is 14.0. The Balaban J connectivity index is 1.98. The van der Waals surface area contributed by atoms with Crippen LogP contribution in [0.2, 0.25) is 0 Å². The molecule has 132 valence electrons. The molecule has 0 bridgehead atoms. The molecular weight excluding hydrogens is 336 g/mol. The van der Waals surface area contributed by atoms with Gasteiger partial charge in [0.25, 0.3) is 5.91 Å². The van der Waals surface area contributed by atoms with E-state index in [1.165, 1.54) is 44.4 Å². The van der Waals surface area contributed by atoms with Gasteiger partial charge in [0.05, 0.1) is 29.9 Å². The summed E-state index contributed by atoms with van der Waals surface area (Å²) in [5.41, 5.74) is 1.33. The Bertz CT molecular complexity index is 868. The molecule has 0 aromatic heterocycles. The molecule has 0 radical (unpaired) electrons. The highest BCUT2D eigenvalue weighted by atomic mass is 16.5. The van der Waals surface area contributed by atoms with Gasteiger partial charge >= 0.3 is 11.9 Å². The Morgan fingerprint density at radius 2 is 1.65 bits per heavy atom. The maximum absolute atomic E-state index is 12.1. The molecule has 0 fully saturated rings. The van der Waals surface area contributed by atoms with Crippen molar-refractivity contribution in [1.29, 1.82) is 5.26 Å². The second kappa shape index (κ2) is 8.44. The van der Waals surface area contributed by atoms with Gasteiger partial charge < -0.3 is 14.8 Å². The van der Waals surface area contributed by atoms with Crippen molar-refractivity contribution >= 4 is 23.5 Å². The first-order chi connectivity index (χ1) is 12.4. The first-order valence-electron chi connectivity index (χ1n) is 7.65. The summed E-state index contributed by atoms with van der Waals surface area (Å²) in [6.07, 6.45) is -1.05. The number of amides is 1. The van der Waals surface area contributed by atoms with Crippen LogP contribution in [-0.2, 0) is 14.3 Å². The van der Waals surface area contributed by atoms with Gasteiger partial charge in [0.2, 0.25) is 0 Å². The minimum Gasteiger partial charge on any atom is -0.465 e. The van der Waals surface area contributed by atoms with E-state index in [0.29, 0.717) is 16.8 Å². The largest absolute Gasteiger partial charge is 0.465 e. The number of hydrogen-bond acceptors (Lipinski definition) is 6. The summed E-state index contributed by atoms with van der Waals surface area (Å²) in [5, 5.41) is 11.4. The van der Waals surface area contributed by atoms with Crippen molar-refractivity contribution in [2.75, 3.05) is 12.4 Å². The van der Waals surface area contributed by atoms with E-state index in [-0.39, 0.29) is 5.56 Å². The van der Waals surface area contributed by atoms with E-state index in [1.54, 1.807) is 18.2 Å². The van der Waals surface area contributed by atoms with Crippen molar-refractivity contribution in [3.8, 4) is 6.07 Å². The topological polar surface area (TPSA) is 105 Å². The van der Waals surface area contributed by atoms with Crippen LogP contribution in [0.15, 0.2) is 48.5 Å². The molecule has 0 aliphatic rings. The van der Waals surface area contributed by atoms with Crippen molar-refractivity contribution in [3.05, 3.63) is 65.2 Å². The van der Waals surface area contributed by atoms with E-state index in [1.807, 2.05) is 6.07 Å². The Hall–Kier alpha value is -3.66. The Labute approximate surface area is 150 Å². The SMILES string of the molecule is COC(=O)c1ccc(C(=O)O[C@H](C)C(=O)Nc2cccc(C#N)c2)cc1. The number of nitrogens with one attached hydrogen (secondary N) is 1. The highest BCUT2D eigenvalue weighted by molar-refractivity contribution is 5.98. The van der Waals surface area contributed by atoms with Crippen LogP contribution in [-0.4, -0.2) is 31.1 Å². The number of ether oxygens (including phenoxy) is 2. The number of anilines is 1. The molecule has 2 aromatic rings. The number of benzene rings is 2. The molecular formula is C19H16N2O5. The van der Waals surface area contributed by atoms with Gasteiger partial charge in [-0.3, -0.25) is 4.79 Å². The minimum absolute atomic E-state index is 0.198. The lowest BCUT2D eigenvalue weighted by molar-refractivity contribution is -0.123. The summed E-state index contributed by atoms with van der Waals surface area (Å²) < 4.78 is 9.70. The smallest absolute Gasteiger partial charge is 0.338 e. The van der Waals surface area contributed by atoms with Gasteiger partial charge in [-0.1, -0.05) is 6.07 Å². The zero-order valence-corrected chi connectivity index (χ0v) is 14.2. The second-order valence-electron chi connectivity index (χ2n) is 5.30. The van der Waals surface area contributed by atoms with Crippen LogP contribution in [0.4, 0.5) is 5.69 Å². The van der Waals surface area contributed by atoms with Crippen LogP contribution < -0.4 is 5.32 Å². The zero-order chi connectivity index (χ0) is 19.1. The first-order valence-corrected chi connectivity index (χ1v) is 7.65. The summed E-state index contributed by atoms with van der Waals surface area (Å²) in [5.74, 6) is -1.74. The molecule has 0 unspecified atom stereocenters. The van der Waals surface area contributed by atoms with Gasteiger partial charge in [-0.2, -0.15) is 5.26 Å². The van der Waals surface area contributed by atoms with Crippen molar-refractivity contribution in [2.45, 2.75) is 13.0 Å². The summed E-state index contributed by atoms with van der Waals surface area (Å²) >= 11 is 0. The maximum Gasteiger partial charge on any atom is 0.338 e. The van der Waals surface area contributed by atoms with E-state index in [9.17, 15) is 14.4 Å². The number of esters is 2. The van der Waals surface area contributed by atoms with Crippen LogP contribution >= 0.6 is 0 Å². The average molecular weight is 352 g/mol. The first kappa shape index (κ1) is 18.7. The molecule has 0 aliphatic carbocycles. The third kappa shape index (κ3) is 4.68. The second-order valence-corrected chi connectivity index (χ2v) is 5.30. The van der Waals surface area contributed by atoms with Crippen molar-refractivity contribution in [1.82, 2.24) is 0 Å². The molecule has 2 aromatic carbocycles. The number of hydrogen-bond donors (Lipinski definition) is 1. The number of carbonyl (C=O) groups excluding carboxylic acids is 3. The van der Waals surface area contributed by atoms with Crippen LogP contribution in [0, 0.1) is 11.3 Å². The lowest BCUT2D eigenvalue weighted by Gasteiger charge is -2.13. The van der Waals surface area contributed by atoms with Gasteiger partial charge in [-0.05, 0) is 49.4 Å². The number of nitriles is 1. The molecule has 0 heterocycles. The van der Waals surface area contributed by atoms with Crippen LogP contribution in [0.5, 0.6) is 0 Å². The Morgan fingerprint density at radius 3 is 2.23 bits per heavy atom. The number of rotatable bonds is 5. The lowest BCUT2D eigenvalue weighted by atomic mass is 10.1. The van der Waals surface area contributed by atoms with E-state index >= 15 is 0 Å². The fraction of sp³-hybridized carbons (Fsp3) is 0.158. The third-order valence-corrected chi connectivity index (χ3v) is 3.45. The maximum atomic E-state index is 12.1. The summed E-state index contributed by atoms with van der Waals surface area (Å²) in [6.45, 7) is 1.43. The van der Waals surface area contributed by atoms with Crippen LogP contribution in [0.25, 0.3) is 0 Å². The molecule has 26 heavy (non-hydrogen) atoms. The van der Waals surface area contributed by atoms with Gasteiger partial charge in [0.1, 0.15) is 0 Å². The minimum atomic E-state index is -1.05. The predicted molar refractivity (Wildman–Crippen MR) is 92.4 cm³/mol. The normalized spacial score (nSPS) is 11.0. The molecule has 7 nitrogen and oxygen atoms in total. The molecule has 1 atom stereocenters. The number of methoxy groups -OCH3 is 1. The fourth-order valence-electron chi connectivity index (χ4n) is 2.05. The van der Waals surface area contributed by atoms with Gasteiger partial charge in [-0.15, -0.1) is 0 Å². The molecule has 1 amide bonds. The average Bonchev–Trinajstić information content (AvgIpc) is 2.67. The van der Waals surface area contributed by atoms with E-state index in [2.05, 4.69) is 10.1 Å². The van der Waals surface area contributed by atoms with E-state index in [0.717, 1.165) is 0 Å². The molecule has 0 aliphatic heterocycles. The standard InChI is InChI=1S/C19H16N2O5/c1-12(17(22)21-16-5-3-4-13(10-16)11-20)26-19(24)15-8-6-14(7-9-15)18(23)25-2/h3-10,12H,1-2H3,(H,21,22)/t12-/m1/s1. The number of nitrogens with zero attached hydrogens (tertiary/aromatic N) is 1. The number of carbonyl (C=O) groups is 3. The van der Waals surface area contributed by atoms with Crippen molar-refractivity contribution in [2.24, 2.45) is 0 Å². The Kier molecular flexibility index (Phi) is 6.06. The van der Waals surface area contributed by atoms with Crippen molar-refractivity contribution in [3.63, 3.8) is 0 Å². The lowest BCUT2D eigenvalue weighted by Crippen LogP contribution is -2.30.